The molecule has 56 valence electrons. The zero-order valence-corrected chi connectivity index (χ0v) is 6.62. The van der Waals surface area contributed by atoms with Gasteiger partial charge in [0.25, 0.3) is 0 Å². The van der Waals surface area contributed by atoms with Crippen LogP contribution in [0.3, 0.4) is 0 Å². The van der Waals surface area contributed by atoms with Gasteiger partial charge in [0.1, 0.15) is 0 Å². The van der Waals surface area contributed by atoms with Crippen LogP contribution in [0.15, 0.2) is 24.4 Å². The van der Waals surface area contributed by atoms with Crippen LogP contribution in [0.4, 0.5) is 0 Å². The molecule has 0 radical (unpaired) electrons. The van der Waals surface area contributed by atoms with Gasteiger partial charge in [-0.05, 0) is 6.07 Å². The van der Waals surface area contributed by atoms with Crippen LogP contribution in [0.2, 0.25) is 0 Å². The van der Waals surface area contributed by atoms with Crippen LogP contribution >= 0.6 is 0 Å². The molecule has 0 aliphatic heterocycles. The molecule has 0 bridgehead atoms. The molecule has 0 saturated carbocycles. The Morgan fingerprint density at radius 1 is 1.50 bits per heavy atom. The molecule has 1 N–H and O–H groups in total. The zero-order valence-electron chi connectivity index (χ0n) is 5.52. The molecule has 0 atom stereocenters. The molecule has 0 amide bonds. The van der Waals surface area contributed by atoms with Crippen molar-refractivity contribution >= 4 is 0 Å². The van der Waals surface area contributed by atoms with E-state index in [4.69, 9.17) is 9.12 Å². The second-order valence-corrected chi connectivity index (χ2v) is 1.37. The molecular weight excluding hydrogens is 172 g/mol. The van der Waals surface area contributed by atoms with E-state index in [0.29, 0.717) is 5.88 Å². The second kappa shape index (κ2) is 6.39. The van der Waals surface area contributed by atoms with Crippen LogP contribution in [0.5, 0.6) is 5.88 Å². The first kappa shape index (κ1) is 9.27. The number of aromatic nitrogens is 1. The fourth-order valence-electron chi connectivity index (χ4n) is 0.468. The van der Waals surface area contributed by atoms with Gasteiger partial charge in [-0.1, -0.05) is 6.07 Å². The van der Waals surface area contributed by atoms with E-state index in [2.05, 4.69) is 20.8 Å². The minimum atomic E-state index is 0.660. The van der Waals surface area contributed by atoms with Gasteiger partial charge in [0.15, 0.2) is 0 Å². The Hall–Kier alpha value is -0.731. The predicted octanol–water partition coefficient (Wildman–Crippen LogP) is 1.39. The third-order valence-electron chi connectivity index (χ3n) is 0.847. The van der Waals surface area contributed by atoms with Crippen LogP contribution < -0.4 is 4.74 Å². The Kier molecular flexibility index (Phi) is 5.92. The Morgan fingerprint density at radius 3 is 2.50 bits per heavy atom. The van der Waals surface area contributed by atoms with Gasteiger partial charge in [0.05, 0.1) is 7.11 Å². The van der Waals surface area contributed by atoms with Gasteiger partial charge >= 0.3 is 20.2 Å². The minimum absolute atomic E-state index is 0.660. The van der Waals surface area contributed by atoms with Crippen molar-refractivity contribution in [1.82, 2.24) is 4.98 Å². The summed E-state index contributed by atoms with van der Waals surface area (Å²) < 4.78 is 10.3. The molecule has 0 spiro atoms. The topological polar surface area (TPSA) is 46.0 Å². The van der Waals surface area contributed by atoms with E-state index in [-0.39, 0.29) is 0 Å². The standard InChI is InChI=1S/C6H7NO.Fe.HN/c1-8-6-4-2-3-5-7-6;;/h2-5H,1H3;;1H. The van der Waals surface area contributed by atoms with E-state index in [1.807, 2.05) is 12.1 Å². The number of hydrogen-bond donors (Lipinski definition) is 1. The molecule has 0 aromatic carbocycles. The molecule has 0 unspecified atom stereocenters. The Morgan fingerprint density at radius 2 is 2.20 bits per heavy atom. The molecule has 0 aliphatic rings. The Labute approximate surface area is 67.8 Å². The summed E-state index contributed by atoms with van der Waals surface area (Å²) in [6.07, 6.45) is 1.69. The summed E-state index contributed by atoms with van der Waals surface area (Å²) in [7, 11) is 1.60. The van der Waals surface area contributed by atoms with Gasteiger partial charge in [-0.2, -0.15) is 0 Å². The number of rotatable bonds is 1. The van der Waals surface area contributed by atoms with E-state index < -0.39 is 0 Å². The normalized spacial score (nSPS) is 7.40. The van der Waals surface area contributed by atoms with Crippen LogP contribution in [-0.2, 0) is 15.8 Å². The van der Waals surface area contributed by atoms with Gasteiger partial charge in [-0.3, -0.25) is 0 Å². The number of ether oxygens (including phenoxy) is 1. The summed E-state index contributed by atoms with van der Waals surface area (Å²) in [5.41, 5.74) is 0. The molecule has 1 aromatic rings. The number of nitrogens with zero attached hydrogens (tertiary/aromatic N) is 1. The van der Waals surface area contributed by atoms with Crippen molar-refractivity contribution in [2.45, 2.75) is 0 Å². The molecule has 1 aromatic heterocycles. The molecule has 1 rings (SSSR count). The van der Waals surface area contributed by atoms with Crippen LogP contribution in [0.1, 0.15) is 0 Å². The zero-order chi connectivity index (χ0) is 7.82. The van der Waals surface area contributed by atoms with Crippen LogP contribution in [0.25, 0.3) is 0 Å². The van der Waals surface area contributed by atoms with Crippen molar-refractivity contribution in [1.29, 1.82) is 4.38 Å². The predicted molar refractivity (Wildman–Crippen MR) is 33.5 cm³/mol. The SMILES string of the molecule is COc1ccccn1.[NH]=[Fe]. The molecule has 0 saturated heterocycles. The van der Waals surface area contributed by atoms with E-state index >= 15 is 0 Å². The molecular formula is C6H8FeN2O. The van der Waals surface area contributed by atoms with Crippen molar-refractivity contribution in [2.75, 3.05) is 7.11 Å². The van der Waals surface area contributed by atoms with Gasteiger partial charge in [0.2, 0.25) is 5.88 Å². The second-order valence-electron chi connectivity index (χ2n) is 1.37. The van der Waals surface area contributed by atoms with E-state index in [1.165, 1.54) is 0 Å². The van der Waals surface area contributed by atoms with Crippen molar-refractivity contribution in [2.24, 2.45) is 0 Å². The third kappa shape index (κ3) is 3.33. The maximum atomic E-state index is 5.50. The number of methoxy groups -OCH3 is 1. The van der Waals surface area contributed by atoms with Crippen LogP contribution in [0, 0.1) is 4.38 Å². The van der Waals surface area contributed by atoms with Crippen LogP contribution in [-0.4, -0.2) is 12.1 Å². The van der Waals surface area contributed by atoms with Gasteiger partial charge < -0.3 is 4.74 Å². The van der Waals surface area contributed by atoms with Gasteiger partial charge in [-0.15, -0.1) is 0 Å². The first-order valence-corrected chi connectivity index (χ1v) is 3.11. The van der Waals surface area contributed by atoms with E-state index in [1.54, 1.807) is 19.4 Å². The summed E-state index contributed by atoms with van der Waals surface area (Å²) in [6, 6.07) is 5.54. The van der Waals surface area contributed by atoms with E-state index in [0.717, 1.165) is 0 Å². The number of nitrogens with one attached hydrogen (secondary N) is 1. The first-order chi connectivity index (χ1) is 4.93. The van der Waals surface area contributed by atoms with Crippen molar-refractivity contribution in [3.63, 3.8) is 0 Å². The van der Waals surface area contributed by atoms with Crippen molar-refractivity contribution in [3.8, 4) is 5.88 Å². The fraction of sp³-hybridized carbons (Fsp3) is 0.167. The van der Waals surface area contributed by atoms with Gasteiger partial charge in [-0.25, -0.2) is 4.98 Å². The summed E-state index contributed by atoms with van der Waals surface area (Å²) >= 11 is 2.50. The molecule has 10 heavy (non-hydrogen) atoms. The van der Waals surface area contributed by atoms with Gasteiger partial charge in [0, 0.05) is 12.3 Å². The summed E-state index contributed by atoms with van der Waals surface area (Å²) in [5.74, 6) is 0.660. The molecule has 1 heterocycles. The van der Waals surface area contributed by atoms with Crippen molar-refractivity contribution in [3.05, 3.63) is 24.4 Å². The average molecular weight is 180 g/mol. The fourth-order valence-corrected chi connectivity index (χ4v) is 0.468. The number of hydrogen-bond acceptors (Lipinski definition) is 3. The first-order valence-electron chi connectivity index (χ1n) is 2.56. The van der Waals surface area contributed by atoms with Crippen molar-refractivity contribution < 1.29 is 20.6 Å². The summed E-state index contributed by atoms with van der Waals surface area (Å²) in [5, 5.41) is 0. The summed E-state index contributed by atoms with van der Waals surface area (Å²) in [4.78, 5) is 3.88. The average Bonchev–Trinajstić information content (AvgIpc) is 2.10. The molecule has 0 fully saturated rings. The molecule has 0 aliphatic carbocycles. The Balaban J connectivity index is 0.000000371. The maximum absolute atomic E-state index is 5.50. The summed E-state index contributed by atoms with van der Waals surface area (Å²) in [6.45, 7) is 0. The number of pyridine rings is 1. The molecule has 3 nitrogen and oxygen atoms in total. The van der Waals surface area contributed by atoms with E-state index in [9.17, 15) is 0 Å². The Bertz CT molecular complexity index is 169. The monoisotopic (exact) mass is 180 g/mol. The molecule has 4 heteroatoms. The quantitative estimate of drug-likeness (QED) is 0.663. The third-order valence-corrected chi connectivity index (χ3v) is 0.847.